The van der Waals surface area contributed by atoms with E-state index >= 15 is 0 Å². The molecule has 19 heavy (non-hydrogen) atoms. The molecule has 3 aromatic rings. The molecule has 0 aliphatic heterocycles. The fraction of sp³-hybridized carbons (Fsp3) is 0.235. The molecule has 96 valence electrons. The van der Waals surface area contributed by atoms with Crippen molar-refractivity contribution < 1.29 is 4.52 Å². The number of hydrogen-bond acceptors (Lipinski definition) is 2. The first kappa shape index (κ1) is 12.0. The van der Waals surface area contributed by atoms with Gasteiger partial charge in [0.2, 0.25) is 0 Å². The van der Waals surface area contributed by atoms with E-state index in [1.165, 1.54) is 23.1 Å². The van der Waals surface area contributed by atoms with Crippen LogP contribution in [0.5, 0.6) is 0 Å². The first-order chi connectivity index (χ1) is 9.35. The van der Waals surface area contributed by atoms with Crippen LogP contribution in [0.25, 0.3) is 11.0 Å². The Balaban J connectivity index is 1.79. The molecule has 0 amide bonds. The summed E-state index contributed by atoms with van der Waals surface area (Å²) in [6, 6.07) is 15.2. The maximum Gasteiger partial charge on any atom is 0.167 e. The summed E-state index contributed by atoms with van der Waals surface area (Å²) in [4.78, 5) is 0. The van der Waals surface area contributed by atoms with Crippen LogP contribution in [0.15, 0.2) is 53.2 Å². The molecule has 0 unspecified atom stereocenters. The fourth-order valence-electron chi connectivity index (χ4n) is 2.36. The van der Waals surface area contributed by atoms with Crippen LogP contribution in [0, 0.1) is 0 Å². The Morgan fingerprint density at radius 3 is 2.47 bits per heavy atom. The van der Waals surface area contributed by atoms with Gasteiger partial charge in [-0.25, -0.2) is 0 Å². The third kappa shape index (κ3) is 2.68. The van der Waals surface area contributed by atoms with Gasteiger partial charge in [0.1, 0.15) is 0 Å². The molecular formula is C17H17NO. The summed E-state index contributed by atoms with van der Waals surface area (Å²) >= 11 is 0. The summed E-state index contributed by atoms with van der Waals surface area (Å²) in [6.45, 7) is 2.21. The molecule has 1 aromatic heterocycles. The topological polar surface area (TPSA) is 26.0 Å². The van der Waals surface area contributed by atoms with E-state index in [9.17, 15) is 0 Å². The molecule has 3 rings (SSSR count). The predicted octanol–water partition coefficient (Wildman–Crippen LogP) is 4.37. The zero-order valence-corrected chi connectivity index (χ0v) is 11.1. The number of fused-ring (bicyclic) bond motifs is 1. The molecule has 0 spiro atoms. The van der Waals surface area contributed by atoms with Gasteiger partial charge < -0.3 is 4.52 Å². The predicted molar refractivity (Wildman–Crippen MR) is 77.3 cm³/mol. The van der Waals surface area contributed by atoms with Gasteiger partial charge in [0, 0.05) is 5.39 Å². The highest BCUT2D eigenvalue weighted by atomic mass is 16.5. The lowest BCUT2D eigenvalue weighted by atomic mass is 10.0. The Morgan fingerprint density at radius 1 is 0.947 bits per heavy atom. The van der Waals surface area contributed by atoms with Crippen molar-refractivity contribution in [1.29, 1.82) is 0 Å². The zero-order valence-electron chi connectivity index (χ0n) is 11.1. The molecule has 0 aliphatic rings. The summed E-state index contributed by atoms with van der Waals surface area (Å²) in [5, 5.41) is 4.86. The van der Waals surface area contributed by atoms with Gasteiger partial charge in [-0.05, 0) is 41.7 Å². The standard InChI is InChI=1S/C17H17NO/c1-2-3-13-4-6-14(7-5-13)10-15-8-9-16-12-18-19-17(16)11-15/h4-9,11-12H,2-3,10H2,1H3. The number of aryl methyl sites for hydroxylation is 1. The van der Waals surface area contributed by atoms with Gasteiger partial charge in [0.15, 0.2) is 5.58 Å². The number of hydrogen-bond donors (Lipinski definition) is 0. The Bertz CT molecular complexity index is 667. The van der Waals surface area contributed by atoms with Gasteiger partial charge in [0.05, 0.1) is 6.20 Å². The Morgan fingerprint density at radius 2 is 1.68 bits per heavy atom. The van der Waals surface area contributed by atoms with Crippen molar-refractivity contribution in [2.45, 2.75) is 26.2 Å². The molecule has 0 atom stereocenters. The van der Waals surface area contributed by atoms with Crippen LogP contribution in [0.3, 0.4) is 0 Å². The molecule has 0 aliphatic carbocycles. The SMILES string of the molecule is CCCc1ccc(Cc2ccc3cnoc3c2)cc1. The molecule has 2 heteroatoms. The van der Waals surface area contributed by atoms with Crippen LogP contribution >= 0.6 is 0 Å². The molecule has 2 nitrogen and oxygen atoms in total. The lowest BCUT2D eigenvalue weighted by Crippen LogP contribution is -1.89. The third-order valence-corrected chi connectivity index (χ3v) is 3.39. The van der Waals surface area contributed by atoms with Crippen LogP contribution in [-0.4, -0.2) is 5.16 Å². The minimum Gasteiger partial charge on any atom is -0.356 e. The molecule has 0 N–H and O–H groups in total. The van der Waals surface area contributed by atoms with Crippen LogP contribution < -0.4 is 0 Å². The van der Waals surface area contributed by atoms with Crippen molar-refractivity contribution in [2.24, 2.45) is 0 Å². The molecule has 0 bridgehead atoms. The average molecular weight is 251 g/mol. The molecule has 1 heterocycles. The Hall–Kier alpha value is -2.09. The molecule has 0 saturated heterocycles. The van der Waals surface area contributed by atoms with Crippen LogP contribution in [-0.2, 0) is 12.8 Å². The second-order valence-corrected chi connectivity index (χ2v) is 4.94. The number of aromatic nitrogens is 1. The van der Waals surface area contributed by atoms with E-state index in [-0.39, 0.29) is 0 Å². The second-order valence-electron chi connectivity index (χ2n) is 4.94. The summed E-state index contributed by atoms with van der Waals surface area (Å²) in [6.07, 6.45) is 5.04. The summed E-state index contributed by atoms with van der Waals surface area (Å²) in [5.74, 6) is 0. The van der Waals surface area contributed by atoms with Gasteiger partial charge in [-0.15, -0.1) is 0 Å². The van der Waals surface area contributed by atoms with Gasteiger partial charge in [0.25, 0.3) is 0 Å². The Kier molecular flexibility index (Phi) is 3.32. The van der Waals surface area contributed by atoms with Crippen molar-refractivity contribution in [3.63, 3.8) is 0 Å². The van der Waals surface area contributed by atoms with Gasteiger partial charge in [-0.3, -0.25) is 0 Å². The van der Waals surface area contributed by atoms with Crippen molar-refractivity contribution >= 4 is 11.0 Å². The van der Waals surface area contributed by atoms with E-state index in [0.29, 0.717) is 0 Å². The number of benzene rings is 2. The highest BCUT2D eigenvalue weighted by Crippen LogP contribution is 2.18. The van der Waals surface area contributed by atoms with Crippen molar-refractivity contribution in [3.05, 3.63) is 65.4 Å². The van der Waals surface area contributed by atoms with Crippen LogP contribution in [0.4, 0.5) is 0 Å². The largest absolute Gasteiger partial charge is 0.356 e. The summed E-state index contributed by atoms with van der Waals surface area (Å²) in [5.41, 5.74) is 4.86. The fourth-order valence-corrected chi connectivity index (χ4v) is 2.36. The quantitative estimate of drug-likeness (QED) is 0.688. The monoisotopic (exact) mass is 251 g/mol. The maximum absolute atomic E-state index is 5.20. The van der Waals surface area contributed by atoms with Gasteiger partial charge in [-0.1, -0.05) is 48.8 Å². The summed E-state index contributed by atoms with van der Waals surface area (Å²) in [7, 11) is 0. The van der Waals surface area contributed by atoms with Crippen molar-refractivity contribution in [1.82, 2.24) is 5.16 Å². The zero-order chi connectivity index (χ0) is 13.1. The first-order valence-corrected chi connectivity index (χ1v) is 6.76. The number of nitrogens with zero attached hydrogens (tertiary/aromatic N) is 1. The van der Waals surface area contributed by atoms with E-state index in [4.69, 9.17) is 4.52 Å². The molecule has 0 saturated carbocycles. The molecule has 0 radical (unpaired) electrons. The molecule has 2 aromatic carbocycles. The van der Waals surface area contributed by atoms with Crippen molar-refractivity contribution in [2.75, 3.05) is 0 Å². The number of rotatable bonds is 4. The van der Waals surface area contributed by atoms with Crippen molar-refractivity contribution in [3.8, 4) is 0 Å². The van der Waals surface area contributed by atoms with E-state index in [1.807, 2.05) is 0 Å². The smallest absolute Gasteiger partial charge is 0.167 e. The van der Waals surface area contributed by atoms with Crippen LogP contribution in [0.1, 0.15) is 30.0 Å². The molecule has 0 fully saturated rings. The lowest BCUT2D eigenvalue weighted by Gasteiger charge is -2.04. The van der Waals surface area contributed by atoms with Gasteiger partial charge >= 0.3 is 0 Å². The second kappa shape index (κ2) is 5.27. The average Bonchev–Trinajstić information content (AvgIpc) is 2.89. The summed E-state index contributed by atoms with van der Waals surface area (Å²) < 4.78 is 5.20. The lowest BCUT2D eigenvalue weighted by molar-refractivity contribution is 0.456. The maximum atomic E-state index is 5.20. The minimum atomic E-state index is 0.861. The first-order valence-electron chi connectivity index (χ1n) is 6.76. The third-order valence-electron chi connectivity index (χ3n) is 3.39. The highest BCUT2D eigenvalue weighted by Gasteiger charge is 2.02. The van der Waals surface area contributed by atoms with E-state index in [0.717, 1.165) is 23.8 Å². The Labute approximate surface area is 113 Å². The van der Waals surface area contributed by atoms with Crippen LogP contribution in [0.2, 0.25) is 0 Å². The molecular weight excluding hydrogens is 234 g/mol. The van der Waals surface area contributed by atoms with Gasteiger partial charge in [-0.2, -0.15) is 0 Å². The highest BCUT2D eigenvalue weighted by molar-refractivity contribution is 5.76. The minimum absolute atomic E-state index is 0.861. The normalized spacial score (nSPS) is 11.0. The van der Waals surface area contributed by atoms with E-state index < -0.39 is 0 Å². The van der Waals surface area contributed by atoms with E-state index in [2.05, 4.69) is 54.5 Å². The van der Waals surface area contributed by atoms with E-state index in [1.54, 1.807) is 6.20 Å².